The third kappa shape index (κ3) is 2.53. The van der Waals surface area contributed by atoms with Crippen molar-refractivity contribution in [3.05, 3.63) is 23.8 Å². The number of carbonyl (C=O) groups is 1. The lowest BCUT2D eigenvalue weighted by molar-refractivity contribution is 0.0769. The molecule has 1 aliphatic rings. The highest BCUT2D eigenvalue weighted by atomic mass is 16.3. The summed E-state index contributed by atoms with van der Waals surface area (Å²) in [6, 6.07) is 4.23. The third-order valence-electron chi connectivity index (χ3n) is 4.45. The van der Waals surface area contributed by atoms with E-state index in [0.29, 0.717) is 5.56 Å². The second-order valence-electron chi connectivity index (χ2n) is 5.39. The molecular weight excluding hydrogens is 242 g/mol. The maximum atomic E-state index is 12.4. The standard InChI is InChI=1S/C15H21NO3/c1-3-15(4-2)7-8-16(10-15)14(19)11-5-6-12(17)13(18)9-11/h5-6,9,17-18H,3-4,7-8,10H2,1-2H3. The van der Waals surface area contributed by atoms with Gasteiger partial charge in [-0.1, -0.05) is 13.8 Å². The van der Waals surface area contributed by atoms with Gasteiger partial charge in [0.1, 0.15) is 0 Å². The van der Waals surface area contributed by atoms with E-state index in [2.05, 4.69) is 13.8 Å². The van der Waals surface area contributed by atoms with Crippen molar-refractivity contribution in [1.82, 2.24) is 4.90 Å². The summed E-state index contributed by atoms with van der Waals surface area (Å²) in [7, 11) is 0. The summed E-state index contributed by atoms with van der Waals surface area (Å²) < 4.78 is 0. The first-order chi connectivity index (χ1) is 9.01. The summed E-state index contributed by atoms with van der Waals surface area (Å²) in [5.41, 5.74) is 0.674. The number of carbonyl (C=O) groups excluding carboxylic acids is 1. The molecule has 2 rings (SSSR count). The Morgan fingerprint density at radius 2 is 1.95 bits per heavy atom. The first-order valence-electron chi connectivity index (χ1n) is 6.82. The third-order valence-corrected chi connectivity index (χ3v) is 4.45. The van der Waals surface area contributed by atoms with Crippen molar-refractivity contribution < 1.29 is 15.0 Å². The lowest BCUT2D eigenvalue weighted by Crippen LogP contribution is -2.31. The van der Waals surface area contributed by atoms with Crippen LogP contribution in [0.5, 0.6) is 11.5 Å². The number of phenols is 2. The molecule has 1 aromatic rings. The SMILES string of the molecule is CCC1(CC)CCN(C(=O)c2ccc(O)c(O)c2)C1. The maximum absolute atomic E-state index is 12.4. The van der Waals surface area contributed by atoms with Gasteiger partial charge in [0.2, 0.25) is 0 Å². The van der Waals surface area contributed by atoms with Gasteiger partial charge in [0.25, 0.3) is 5.91 Å². The highest BCUT2D eigenvalue weighted by molar-refractivity contribution is 5.95. The van der Waals surface area contributed by atoms with Gasteiger partial charge in [-0.25, -0.2) is 0 Å². The normalized spacial score (nSPS) is 17.7. The number of hydrogen-bond acceptors (Lipinski definition) is 3. The number of rotatable bonds is 3. The zero-order valence-electron chi connectivity index (χ0n) is 11.5. The van der Waals surface area contributed by atoms with Gasteiger partial charge >= 0.3 is 0 Å². The van der Waals surface area contributed by atoms with Crippen molar-refractivity contribution in [2.45, 2.75) is 33.1 Å². The van der Waals surface area contributed by atoms with Crippen molar-refractivity contribution in [3.8, 4) is 11.5 Å². The molecule has 0 radical (unpaired) electrons. The summed E-state index contributed by atoms with van der Waals surface area (Å²) >= 11 is 0. The van der Waals surface area contributed by atoms with E-state index in [4.69, 9.17) is 0 Å². The van der Waals surface area contributed by atoms with Gasteiger partial charge in [-0.2, -0.15) is 0 Å². The maximum Gasteiger partial charge on any atom is 0.254 e. The second kappa shape index (κ2) is 5.11. The predicted molar refractivity (Wildman–Crippen MR) is 73.3 cm³/mol. The van der Waals surface area contributed by atoms with E-state index in [9.17, 15) is 15.0 Å². The molecule has 1 aromatic carbocycles. The van der Waals surface area contributed by atoms with Crippen LogP contribution in [-0.2, 0) is 0 Å². The molecule has 0 aliphatic carbocycles. The molecule has 1 saturated heterocycles. The fourth-order valence-electron chi connectivity index (χ4n) is 2.77. The Morgan fingerprint density at radius 1 is 1.26 bits per heavy atom. The van der Waals surface area contributed by atoms with E-state index < -0.39 is 0 Å². The molecule has 19 heavy (non-hydrogen) atoms. The molecule has 1 amide bonds. The molecule has 1 fully saturated rings. The fourth-order valence-corrected chi connectivity index (χ4v) is 2.77. The molecule has 1 heterocycles. The molecule has 0 saturated carbocycles. The molecule has 0 atom stereocenters. The van der Waals surface area contributed by atoms with Crippen LogP contribution in [-0.4, -0.2) is 34.1 Å². The minimum atomic E-state index is -0.248. The second-order valence-corrected chi connectivity index (χ2v) is 5.39. The Hall–Kier alpha value is -1.71. The molecular formula is C15H21NO3. The Labute approximate surface area is 113 Å². The molecule has 104 valence electrons. The topological polar surface area (TPSA) is 60.8 Å². The Bertz CT molecular complexity index is 480. The van der Waals surface area contributed by atoms with Crippen LogP contribution in [0, 0.1) is 5.41 Å². The Balaban J connectivity index is 2.15. The first kappa shape index (κ1) is 13.7. The van der Waals surface area contributed by atoms with Crippen molar-refractivity contribution in [1.29, 1.82) is 0 Å². The largest absolute Gasteiger partial charge is 0.504 e. The zero-order valence-corrected chi connectivity index (χ0v) is 11.5. The minimum absolute atomic E-state index is 0.0703. The quantitative estimate of drug-likeness (QED) is 0.824. The highest BCUT2D eigenvalue weighted by Gasteiger charge is 2.37. The van der Waals surface area contributed by atoms with Gasteiger partial charge in [0.05, 0.1) is 0 Å². The smallest absolute Gasteiger partial charge is 0.254 e. The van der Waals surface area contributed by atoms with Gasteiger partial charge in [0, 0.05) is 18.7 Å². The molecule has 4 heteroatoms. The highest BCUT2D eigenvalue weighted by Crippen LogP contribution is 2.37. The Kier molecular flexibility index (Phi) is 3.69. The summed E-state index contributed by atoms with van der Waals surface area (Å²) in [6.45, 7) is 5.89. The van der Waals surface area contributed by atoms with Crippen molar-refractivity contribution in [2.24, 2.45) is 5.41 Å². The van der Waals surface area contributed by atoms with Crippen LogP contribution < -0.4 is 0 Å². The van der Waals surface area contributed by atoms with E-state index in [0.717, 1.165) is 32.4 Å². The first-order valence-corrected chi connectivity index (χ1v) is 6.82. The lowest BCUT2D eigenvalue weighted by atomic mass is 9.82. The minimum Gasteiger partial charge on any atom is -0.504 e. The predicted octanol–water partition coefficient (Wildman–Crippen LogP) is 2.75. The van der Waals surface area contributed by atoms with E-state index in [-0.39, 0.29) is 22.8 Å². The van der Waals surface area contributed by atoms with Crippen LogP contribution in [0.1, 0.15) is 43.5 Å². The van der Waals surface area contributed by atoms with Crippen LogP contribution in [0.2, 0.25) is 0 Å². The van der Waals surface area contributed by atoms with Gasteiger partial charge in [-0.15, -0.1) is 0 Å². The van der Waals surface area contributed by atoms with Crippen LogP contribution in [0.15, 0.2) is 18.2 Å². The average Bonchev–Trinajstić information content (AvgIpc) is 2.86. The number of nitrogens with zero attached hydrogens (tertiary/aromatic N) is 1. The van der Waals surface area contributed by atoms with Gasteiger partial charge in [-0.3, -0.25) is 4.79 Å². The fraction of sp³-hybridized carbons (Fsp3) is 0.533. The van der Waals surface area contributed by atoms with Crippen molar-refractivity contribution >= 4 is 5.91 Å². The molecule has 4 nitrogen and oxygen atoms in total. The molecule has 0 aromatic heterocycles. The summed E-state index contributed by atoms with van der Waals surface area (Å²) in [5.74, 6) is -0.518. The number of likely N-dealkylation sites (tertiary alicyclic amines) is 1. The van der Waals surface area contributed by atoms with E-state index >= 15 is 0 Å². The molecule has 0 unspecified atom stereocenters. The van der Waals surface area contributed by atoms with Crippen LogP contribution in [0.4, 0.5) is 0 Å². The van der Waals surface area contributed by atoms with E-state index in [1.54, 1.807) is 6.07 Å². The number of amides is 1. The lowest BCUT2D eigenvalue weighted by Gasteiger charge is -2.26. The monoisotopic (exact) mass is 263 g/mol. The van der Waals surface area contributed by atoms with Crippen LogP contribution in [0.25, 0.3) is 0 Å². The zero-order chi connectivity index (χ0) is 14.0. The summed E-state index contributed by atoms with van der Waals surface area (Å²) in [5, 5.41) is 18.7. The van der Waals surface area contributed by atoms with Crippen molar-refractivity contribution in [2.75, 3.05) is 13.1 Å². The molecule has 1 aliphatic heterocycles. The summed E-state index contributed by atoms with van der Waals surface area (Å²) in [4.78, 5) is 14.2. The van der Waals surface area contributed by atoms with Crippen LogP contribution >= 0.6 is 0 Å². The molecule has 2 N–H and O–H groups in total. The molecule has 0 bridgehead atoms. The van der Waals surface area contributed by atoms with Crippen LogP contribution in [0.3, 0.4) is 0 Å². The number of aromatic hydroxyl groups is 2. The number of phenolic OH excluding ortho intramolecular Hbond substituents is 2. The van der Waals surface area contributed by atoms with Crippen molar-refractivity contribution in [3.63, 3.8) is 0 Å². The summed E-state index contributed by atoms with van der Waals surface area (Å²) in [6.07, 6.45) is 3.19. The van der Waals surface area contributed by atoms with E-state index in [1.807, 2.05) is 4.90 Å². The van der Waals surface area contributed by atoms with Gasteiger partial charge in [0.15, 0.2) is 11.5 Å². The number of benzene rings is 1. The van der Waals surface area contributed by atoms with Gasteiger partial charge in [-0.05, 0) is 42.9 Å². The Morgan fingerprint density at radius 3 is 2.47 bits per heavy atom. The molecule has 0 spiro atoms. The number of hydrogen-bond donors (Lipinski definition) is 2. The average molecular weight is 263 g/mol. The van der Waals surface area contributed by atoms with E-state index in [1.165, 1.54) is 12.1 Å². The van der Waals surface area contributed by atoms with Gasteiger partial charge < -0.3 is 15.1 Å².